The number of ether oxygens (including phenoxy) is 1. The Hall–Kier alpha value is -1.56. The van der Waals surface area contributed by atoms with Gasteiger partial charge in [-0.25, -0.2) is 0 Å². The van der Waals surface area contributed by atoms with Gasteiger partial charge < -0.3 is 15.8 Å². The number of H-pyrrole nitrogens is 1. The molecule has 1 rings (SSSR count). The van der Waals surface area contributed by atoms with Crippen LogP contribution < -0.4 is 11.1 Å². The molecule has 0 saturated heterocycles. The van der Waals surface area contributed by atoms with E-state index < -0.39 is 0 Å². The summed E-state index contributed by atoms with van der Waals surface area (Å²) in [4.78, 5) is 11.8. The molecule has 0 saturated carbocycles. The van der Waals surface area contributed by atoms with Crippen molar-refractivity contribution >= 4 is 11.6 Å². The number of carbonyl (C=O) groups is 1. The van der Waals surface area contributed by atoms with Crippen LogP contribution in [0.2, 0.25) is 0 Å². The normalized spacial score (nSPS) is 10.9. The maximum absolute atomic E-state index is 11.8. The molecule has 6 nitrogen and oxygen atoms in total. The van der Waals surface area contributed by atoms with Gasteiger partial charge in [-0.3, -0.25) is 9.89 Å². The van der Waals surface area contributed by atoms with Crippen molar-refractivity contribution in [3.05, 3.63) is 11.4 Å². The molecule has 108 valence electrons. The molecule has 1 heterocycles. The predicted octanol–water partition coefficient (Wildman–Crippen LogP) is 1.35. The molecule has 0 unspecified atom stereocenters. The van der Waals surface area contributed by atoms with Crippen LogP contribution in [0.1, 0.15) is 43.4 Å². The van der Waals surface area contributed by atoms with E-state index in [-0.39, 0.29) is 11.6 Å². The first-order chi connectivity index (χ1) is 9.06. The van der Waals surface area contributed by atoms with E-state index in [4.69, 9.17) is 10.5 Å². The summed E-state index contributed by atoms with van der Waals surface area (Å²) in [5, 5.41) is 9.42. The Morgan fingerprint density at radius 1 is 1.47 bits per heavy atom. The molecule has 0 aliphatic carbocycles. The summed E-state index contributed by atoms with van der Waals surface area (Å²) in [5.74, 6) is 0.367. The number of nitrogens with zero attached hydrogens (tertiary/aromatic N) is 1. The van der Waals surface area contributed by atoms with E-state index in [1.54, 1.807) is 0 Å². The van der Waals surface area contributed by atoms with Crippen LogP contribution >= 0.6 is 0 Å². The van der Waals surface area contributed by atoms with Crippen LogP contribution in [-0.2, 0) is 11.2 Å². The van der Waals surface area contributed by atoms with Crippen molar-refractivity contribution < 1.29 is 9.53 Å². The quantitative estimate of drug-likeness (QED) is 0.620. The van der Waals surface area contributed by atoms with Crippen LogP contribution in [-0.4, -0.2) is 35.9 Å². The molecule has 1 aromatic heterocycles. The average Bonchev–Trinajstić information content (AvgIpc) is 2.74. The first-order valence-electron chi connectivity index (χ1n) is 6.74. The van der Waals surface area contributed by atoms with Gasteiger partial charge in [0.2, 0.25) is 0 Å². The van der Waals surface area contributed by atoms with Crippen molar-refractivity contribution in [3.63, 3.8) is 0 Å². The number of carbonyl (C=O) groups excluding carboxylic acids is 1. The molecule has 0 atom stereocenters. The Morgan fingerprint density at radius 2 is 2.21 bits per heavy atom. The SMILES string of the molecule is CCc1[nH]nc(C(=O)NCCOCCC(C)C)c1N. The van der Waals surface area contributed by atoms with Crippen LogP contribution in [0.4, 0.5) is 5.69 Å². The number of nitrogens with two attached hydrogens (primary N) is 1. The Bertz CT molecular complexity index is 401. The van der Waals surface area contributed by atoms with Gasteiger partial charge in [0.05, 0.1) is 18.0 Å². The zero-order valence-electron chi connectivity index (χ0n) is 12.0. The van der Waals surface area contributed by atoms with Gasteiger partial charge in [-0.15, -0.1) is 0 Å². The Labute approximate surface area is 114 Å². The third-order valence-corrected chi connectivity index (χ3v) is 2.82. The number of anilines is 1. The highest BCUT2D eigenvalue weighted by Gasteiger charge is 2.15. The van der Waals surface area contributed by atoms with E-state index >= 15 is 0 Å². The van der Waals surface area contributed by atoms with Gasteiger partial charge >= 0.3 is 0 Å². The molecular weight excluding hydrogens is 244 g/mol. The lowest BCUT2D eigenvalue weighted by Crippen LogP contribution is -2.28. The predicted molar refractivity (Wildman–Crippen MR) is 75.0 cm³/mol. The van der Waals surface area contributed by atoms with E-state index in [1.807, 2.05) is 6.92 Å². The number of hydrogen-bond donors (Lipinski definition) is 3. The Morgan fingerprint density at radius 3 is 2.79 bits per heavy atom. The van der Waals surface area contributed by atoms with Gasteiger partial charge in [-0.1, -0.05) is 20.8 Å². The molecule has 0 bridgehead atoms. The van der Waals surface area contributed by atoms with E-state index in [2.05, 4.69) is 29.4 Å². The number of amides is 1. The molecule has 1 aromatic rings. The second kappa shape index (κ2) is 7.78. The van der Waals surface area contributed by atoms with Crippen LogP contribution in [0.3, 0.4) is 0 Å². The molecule has 0 radical (unpaired) electrons. The maximum Gasteiger partial charge on any atom is 0.274 e. The van der Waals surface area contributed by atoms with Gasteiger partial charge in [-0.2, -0.15) is 5.10 Å². The molecule has 19 heavy (non-hydrogen) atoms. The van der Waals surface area contributed by atoms with Crippen molar-refractivity contribution in [2.75, 3.05) is 25.5 Å². The smallest absolute Gasteiger partial charge is 0.274 e. The molecule has 0 spiro atoms. The Balaban J connectivity index is 2.26. The average molecular weight is 268 g/mol. The first-order valence-corrected chi connectivity index (χ1v) is 6.74. The highest BCUT2D eigenvalue weighted by Crippen LogP contribution is 2.13. The molecule has 0 aliphatic rings. The minimum absolute atomic E-state index is 0.263. The first kappa shape index (κ1) is 15.5. The molecular formula is C13H24N4O2. The maximum atomic E-state index is 11.8. The minimum atomic E-state index is -0.263. The fraction of sp³-hybridized carbons (Fsp3) is 0.692. The van der Waals surface area contributed by atoms with Gasteiger partial charge in [0.15, 0.2) is 5.69 Å². The van der Waals surface area contributed by atoms with Crippen molar-refractivity contribution in [1.82, 2.24) is 15.5 Å². The monoisotopic (exact) mass is 268 g/mol. The third kappa shape index (κ3) is 4.90. The number of aromatic nitrogens is 2. The molecule has 0 aromatic carbocycles. The summed E-state index contributed by atoms with van der Waals surface area (Å²) >= 11 is 0. The van der Waals surface area contributed by atoms with Gasteiger partial charge in [0, 0.05) is 13.2 Å². The lowest BCUT2D eigenvalue weighted by molar-refractivity contribution is 0.0902. The van der Waals surface area contributed by atoms with Gasteiger partial charge in [-0.05, 0) is 18.8 Å². The fourth-order valence-corrected chi connectivity index (χ4v) is 1.57. The lowest BCUT2D eigenvalue weighted by atomic mass is 10.1. The van der Waals surface area contributed by atoms with Crippen molar-refractivity contribution in [1.29, 1.82) is 0 Å². The largest absolute Gasteiger partial charge is 0.395 e. The van der Waals surface area contributed by atoms with Gasteiger partial charge in [0.1, 0.15) is 0 Å². The molecule has 0 fully saturated rings. The van der Waals surface area contributed by atoms with E-state index in [1.165, 1.54) is 0 Å². The van der Waals surface area contributed by atoms with Crippen LogP contribution in [0.25, 0.3) is 0 Å². The standard InChI is InChI=1S/C13H24N4O2/c1-4-10-11(14)12(17-16-10)13(18)15-6-8-19-7-5-9(2)3/h9H,4-8,14H2,1-3H3,(H,15,18)(H,16,17). The number of nitrogens with one attached hydrogen (secondary N) is 2. The summed E-state index contributed by atoms with van der Waals surface area (Å²) in [7, 11) is 0. The topological polar surface area (TPSA) is 93.0 Å². The van der Waals surface area contributed by atoms with E-state index in [0.29, 0.717) is 24.8 Å². The van der Waals surface area contributed by atoms with Crippen LogP contribution in [0.5, 0.6) is 0 Å². The summed E-state index contributed by atoms with van der Waals surface area (Å²) in [6.07, 6.45) is 1.75. The summed E-state index contributed by atoms with van der Waals surface area (Å²) in [6, 6.07) is 0. The second-order valence-corrected chi connectivity index (χ2v) is 4.87. The second-order valence-electron chi connectivity index (χ2n) is 4.87. The van der Waals surface area contributed by atoms with E-state index in [9.17, 15) is 4.79 Å². The number of hydrogen-bond acceptors (Lipinski definition) is 4. The lowest BCUT2D eigenvalue weighted by Gasteiger charge is -2.07. The summed E-state index contributed by atoms with van der Waals surface area (Å²) < 4.78 is 5.41. The highest BCUT2D eigenvalue weighted by atomic mass is 16.5. The summed E-state index contributed by atoms with van der Waals surface area (Å²) in [5.41, 5.74) is 7.30. The van der Waals surface area contributed by atoms with Crippen LogP contribution in [0, 0.1) is 5.92 Å². The highest BCUT2D eigenvalue weighted by molar-refractivity contribution is 5.97. The number of nitrogen functional groups attached to an aromatic ring is 1. The van der Waals surface area contributed by atoms with Crippen LogP contribution in [0.15, 0.2) is 0 Å². The number of aromatic amines is 1. The molecule has 0 aliphatic heterocycles. The number of aryl methyl sites for hydroxylation is 1. The number of rotatable bonds is 8. The third-order valence-electron chi connectivity index (χ3n) is 2.82. The van der Waals surface area contributed by atoms with Crippen molar-refractivity contribution in [3.8, 4) is 0 Å². The molecule has 4 N–H and O–H groups in total. The Kier molecular flexibility index (Phi) is 6.35. The van der Waals surface area contributed by atoms with E-state index in [0.717, 1.165) is 25.1 Å². The molecule has 1 amide bonds. The van der Waals surface area contributed by atoms with Crippen molar-refractivity contribution in [2.24, 2.45) is 5.92 Å². The fourth-order valence-electron chi connectivity index (χ4n) is 1.57. The zero-order chi connectivity index (χ0) is 14.3. The minimum Gasteiger partial charge on any atom is -0.395 e. The van der Waals surface area contributed by atoms with Crippen molar-refractivity contribution in [2.45, 2.75) is 33.6 Å². The van der Waals surface area contributed by atoms with Gasteiger partial charge in [0.25, 0.3) is 5.91 Å². The summed E-state index contributed by atoms with van der Waals surface area (Å²) in [6.45, 7) is 7.94. The zero-order valence-corrected chi connectivity index (χ0v) is 12.0. The molecule has 6 heteroatoms.